The average Bonchev–Trinajstić information content (AvgIpc) is 2.50. The minimum Gasteiger partial charge on any atom is -0.444 e. The number of hydrogen-bond donors (Lipinski definition) is 0. The number of hydrogen-bond acceptors (Lipinski definition) is 3. The normalized spacial score (nSPS) is 18.4. The lowest BCUT2D eigenvalue weighted by molar-refractivity contribution is -0.138. The van der Waals surface area contributed by atoms with Crippen LogP contribution in [0.3, 0.4) is 0 Å². The molecule has 1 aliphatic rings. The molecular formula is C18H22BrF3N2O3. The highest BCUT2D eigenvalue weighted by Gasteiger charge is 2.35. The minimum atomic E-state index is -4.49. The molecule has 2 rings (SSSR count). The van der Waals surface area contributed by atoms with Gasteiger partial charge in [-0.1, -0.05) is 15.9 Å². The molecule has 0 unspecified atom stereocenters. The second kappa shape index (κ2) is 7.69. The molecule has 0 aromatic heterocycles. The highest BCUT2D eigenvalue weighted by atomic mass is 79.9. The van der Waals surface area contributed by atoms with Crippen LogP contribution in [-0.4, -0.2) is 53.1 Å². The van der Waals surface area contributed by atoms with E-state index in [1.807, 2.05) is 0 Å². The van der Waals surface area contributed by atoms with Crippen LogP contribution in [0.5, 0.6) is 0 Å². The zero-order chi connectivity index (χ0) is 20.6. The summed E-state index contributed by atoms with van der Waals surface area (Å²) in [6.45, 7) is 7.97. The van der Waals surface area contributed by atoms with Crippen molar-refractivity contribution < 1.29 is 27.5 Å². The van der Waals surface area contributed by atoms with Gasteiger partial charge < -0.3 is 14.5 Å². The number of amides is 2. The van der Waals surface area contributed by atoms with Crippen molar-refractivity contribution in [1.29, 1.82) is 0 Å². The first-order valence-corrected chi connectivity index (χ1v) is 9.24. The predicted octanol–water partition coefficient (Wildman–Crippen LogP) is 4.55. The van der Waals surface area contributed by atoms with E-state index in [9.17, 15) is 22.8 Å². The van der Waals surface area contributed by atoms with Gasteiger partial charge in [0.05, 0.1) is 5.56 Å². The fraction of sp³-hybridized carbons (Fsp3) is 0.556. The molecule has 5 nitrogen and oxygen atoms in total. The van der Waals surface area contributed by atoms with Gasteiger partial charge in [0.25, 0.3) is 5.91 Å². The number of piperazine rings is 1. The van der Waals surface area contributed by atoms with Crippen molar-refractivity contribution in [3.63, 3.8) is 0 Å². The van der Waals surface area contributed by atoms with Crippen LogP contribution in [0.1, 0.15) is 43.6 Å². The molecule has 9 heteroatoms. The molecule has 1 atom stereocenters. The Hall–Kier alpha value is -1.77. The van der Waals surface area contributed by atoms with Gasteiger partial charge in [0.2, 0.25) is 0 Å². The molecule has 0 radical (unpaired) electrons. The van der Waals surface area contributed by atoms with E-state index in [0.29, 0.717) is 6.54 Å². The average molecular weight is 451 g/mol. The molecule has 2 amide bonds. The van der Waals surface area contributed by atoms with E-state index >= 15 is 0 Å². The summed E-state index contributed by atoms with van der Waals surface area (Å²) in [6, 6.07) is 2.96. The summed E-state index contributed by atoms with van der Waals surface area (Å²) in [6.07, 6.45) is -4.94. The van der Waals surface area contributed by atoms with Crippen molar-refractivity contribution in [2.24, 2.45) is 0 Å². The van der Waals surface area contributed by atoms with E-state index in [-0.39, 0.29) is 35.1 Å². The molecule has 27 heavy (non-hydrogen) atoms. The summed E-state index contributed by atoms with van der Waals surface area (Å²) in [5.74, 6) is -0.375. The number of halogens is 4. The Kier molecular flexibility index (Phi) is 6.13. The van der Waals surface area contributed by atoms with Crippen molar-refractivity contribution in [1.82, 2.24) is 9.80 Å². The fourth-order valence-corrected chi connectivity index (χ4v) is 3.40. The van der Waals surface area contributed by atoms with Crippen LogP contribution >= 0.6 is 15.9 Å². The highest BCUT2D eigenvalue weighted by molar-refractivity contribution is 9.10. The third-order valence-corrected chi connectivity index (χ3v) is 4.72. The number of benzene rings is 1. The smallest absolute Gasteiger partial charge is 0.417 e. The number of rotatable bonds is 1. The second-order valence-electron chi connectivity index (χ2n) is 7.47. The minimum absolute atomic E-state index is 0.160. The monoisotopic (exact) mass is 450 g/mol. The summed E-state index contributed by atoms with van der Waals surface area (Å²) >= 11 is 2.88. The van der Waals surface area contributed by atoms with Crippen molar-refractivity contribution in [3.8, 4) is 0 Å². The highest BCUT2D eigenvalue weighted by Crippen LogP contribution is 2.35. The lowest BCUT2D eigenvalue weighted by Crippen LogP contribution is -2.56. The van der Waals surface area contributed by atoms with Gasteiger partial charge in [-0.15, -0.1) is 0 Å². The van der Waals surface area contributed by atoms with Gasteiger partial charge in [0.1, 0.15) is 5.60 Å². The summed E-state index contributed by atoms with van der Waals surface area (Å²) in [4.78, 5) is 28.0. The molecule has 1 heterocycles. The number of nitrogens with zero attached hydrogens (tertiary/aromatic N) is 2. The molecule has 0 aliphatic carbocycles. The number of carbonyl (C=O) groups is 2. The van der Waals surface area contributed by atoms with Crippen LogP contribution in [0.15, 0.2) is 22.7 Å². The van der Waals surface area contributed by atoms with Gasteiger partial charge in [0, 0.05) is 35.7 Å². The summed E-state index contributed by atoms with van der Waals surface area (Å²) in [5, 5.41) is 0. The maximum absolute atomic E-state index is 12.8. The van der Waals surface area contributed by atoms with Crippen LogP contribution < -0.4 is 0 Å². The van der Waals surface area contributed by atoms with Crippen molar-refractivity contribution in [3.05, 3.63) is 33.8 Å². The summed E-state index contributed by atoms with van der Waals surface area (Å²) < 4.78 is 43.7. The van der Waals surface area contributed by atoms with Crippen LogP contribution in [0.25, 0.3) is 0 Å². The molecule has 1 aromatic rings. The predicted molar refractivity (Wildman–Crippen MR) is 97.4 cm³/mol. The lowest BCUT2D eigenvalue weighted by Gasteiger charge is -2.40. The zero-order valence-electron chi connectivity index (χ0n) is 15.6. The first-order chi connectivity index (χ1) is 12.3. The zero-order valence-corrected chi connectivity index (χ0v) is 17.1. The molecule has 0 N–H and O–H groups in total. The molecule has 1 aromatic carbocycles. The Morgan fingerprint density at radius 1 is 1.19 bits per heavy atom. The Morgan fingerprint density at radius 2 is 1.81 bits per heavy atom. The molecular weight excluding hydrogens is 429 g/mol. The Bertz CT molecular complexity index is 732. The SMILES string of the molecule is C[C@H]1CN(C(=O)c2ccc(C(F)(F)F)c(Br)c2)CCN1C(=O)OC(C)(C)C. The Labute approximate surface area is 164 Å². The van der Waals surface area contributed by atoms with Gasteiger partial charge in [0.15, 0.2) is 0 Å². The first kappa shape index (κ1) is 21.5. The lowest BCUT2D eigenvalue weighted by atomic mass is 10.1. The Morgan fingerprint density at radius 3 is 2.30 bits per heavy atom. The maximum Gasteiger partial charge on any atom is 0.417 e. The largest absolute Gasteiger partial charge is 0.444 e. The quantitative estimate of drug-likeness (QED) is 0.630. The van der Waals surface area contributed by atoms with E-state index in [2.05, 4.69) is 15.9 Å². The van der Waals surface area contributed by atoms with Gasteiger partial charge in [-0.3, -0.25) is 4.79 Å². The third kappa shape index (κ3) is 5.37. The topological polar surface area (TPSA) is 49.9 Å². The van der Waals surface area contributed by atoms with E-state index in [1.54, 1.807) is 32.6 Å². The van der Waals surface area contributed by atoms with Crippen LogP contribution in [0.2, 0.25) is 0 Å². The summed E-state index contributed by atoms with van der Waals surface area (Å²) in [5.41, 5.74) is -1.29. The van der Waals surface area contributed by atoms with E-state index in [4.69, 9.17) is 4.74 Å². The fourth-order valence-electron chi connectivity index (χ4n) is 2.79. The van der Waals surface area contributed by atoms with Gasteiger partial charge in [-0.05, 0) is 45.9 Å². The van der Waals surface area contributed by atoms with Crippen LogP contribution in [0.4, 0.5) is 18.0 Å². The molecule has 150 valence electrons. The maximum atomic E-state index is 12.8. The number of ether oxygens (including phenoxy) is 1. The number of carbonyl (C=O) groups excluding carboxylic acids is 2. The van der Waals surface area contributed by atoms with Crippen molar-refractivity contribution >= 4 is 27.9 Å². The van der Waals surface area contributed by atoms with E-state index < -0.39 is 23.4 Å². The van der Waals surface area contributed by atoms with Gasteiger partial charge in [-0.25, -0.2) is 4.79 Å². The second-order valence-corrected chi connectivity index (χ2v) is 8.32. The van der Waals surface area contributed by atoms with Gasteiger partial charge >= 0.3 is 12.3 Å². The summed E-state index contributed by atoms with van der Waals surface area (Å²) in [7, 11) is 0. The molecule has 1 fully saturated rings. The van der Waals surface area contributed by atoms with Crippen molar-refractivity contribution in [2.45, 2.75) is 45.5 Å². The standard InChI is InChI=1S/C18H22BrF3N2O3/c1-11-10-23(7-8-24(11)16(26)27-17(2,3)4)15(25)12-5-6-13(14(19)9-12)18(20,21)22/h5-6,9,11H,7-8,10H2,1-4H3/t11-/m0/s1. The van der Waals surface area contributed by atoms with E-state index in [0.717, 1.165) is 6.07 Å². The molecule has 0 bridgehead atoms. The van der Waals surface area contributed by atoms with Crippen LogP contribution in [-0.2, 0) is 10.9 Å². The van der Waals surface area contributed by atoms with Gasteiger partial charge in [-0.2, -0.15) is 13.2 Å². The first-order valence-electron chi connectivity index (χ1n) is 8.45. The molecule has 1 saturated heterocycles. The van der Waals surface area contributed by atoms with E-state index in [1.165, 1.54) is 17.0 Å². The molecule has 0 saturated carbocycles. The third-order valence-electron chi connectivity index (χ3n) is 4.06. The number of alkyl halides is 3. The van der Waals surface area contributed by atoms with Crippen molar-refractivity contribution in [2.75, 3.05) is 19.6 Å². The molecule has 0 spiro atoms. The Balaban J connectivity index is 2.08. The molecule has 1 aliphatic heterocycles. The van der Waals surface area contributed by atoms with Crippen LogP contribution in [0, 0.1) is 0 Å².